The van der Waals surface area contributed by atoms with E-state index in [4.69, 9.17) is 0 Å². The second kappa shape index (κ2) is 6.09. The SMILES string of the molecule is O=C1N=c2ccccc2=C1c1sc(=O)n(Cc2ccccc2Br)c1O. The van der Waals surface area contributed by atoms with Crippen LogP contribution in [0, 0.1) is 0 Å². The Morgan fingerprint density at radius 3 is 2.60 bits per heavy atom. The van der Waals surface area contributed by atoms with Gasteiger partial charge in [0.2, 0.25) is 5.88 Å². The summed E-state index contributed by atoms with van der Waals surface area (Å²) in [5, 5.41) is 11.8. The highest BCUT2D eigenvalue weighted by molar-refractivity contribution is 9.10. The first-order valence-electron chi connectivity index (χ1n) is 7.45. The van der Waals surface area contributed by atoms with Crippen molar-refractivity contribution < 1.29 is 9.90 Å². The third-order valence-corrected chi connectivity index (χ3v) is 5.75. The second-order valence-corrected chi connectivity index (χ2v) is 7.32. The zero-order valence-corrected chi connectivity index (χ0v) is 15.2. The number of carbonyl (C=O) groups excluding carboxylic acids is 1. The summed E-state index contributed by atoms with van der Waals surface area (Å²) in [6, 6.07) is 14.6. The molecule has 1 aliphatic rings. The molecule has 0 saturated heterocycles. The van der Waals surface area contributed by atoms with Crippen LogP contribution in [0.5, 0.6) is 5.88 Å². The Morgan fingerprint density at radius 1 is 1.08 bits per heavy atom. The lowest BCUT2D eigenvalue weighted by atomic mass is 10.1. The number of para-hydroxylation sites is 1. The lowest BCUT2D eigenvalue weighted by Crippen LogP contribution is -2.22. The fourth-order valence-corrected chi connectivity index (χ4v) is 4.13. The summed E-state index contributed by atoms with van der Waals surface area (Å²) in [4.78, 5) is 28.6. The highest BCUT2D eigenvalue weighted by Gasteiger charge is 2.26. The Balaban J connectivity index is 1.88. The van der Waals surface area contributed by atoms with Gasteiger partial charge in [-0.05, 0) is 17.7 Å². The van der Waals surface area contributed by atoms with Gasteiger partial charge in [0.1, 0.15) is 4.88 Å². The van der Waals surface area contributed by atoms with Crippen LogP contribution in [0.3, 0.4) is 0 Å². The molecule has 0 aliphatic carbocycles. The fraction of sp³-hybridized carbons (Fsp3) is 0.0556. The molecule has 1 N–H and O–H groups in total. The zero-order chi connectivity index (χ0) is 17.6. The van der Waals surface area contributed by atoms with E-state index in [1.165, 1.54) is 4.57 Å². The van der Waals surface area contributed by atoms with Crippen LogP contribution in [0.2, 0.25) is 0 Å². The van der Waals surface area contributed by atoms with E-state index in [-0.39, 0.29) is 27.7 Å². The van der Waals surface area contributed by atoms with Gasteiger partial charge in [0, 0.05) is 9.69 Å². The molecule has 5 nitrogen and oxygen atoms in total. The first-order valence-corrected chi connectivity index (χ1v) is 9.06. The largest absolute Gasteiger partial charge is 0.493 e. The van der Waals surface area contributed by atoms with Gasteiger partial charge in [0.15, 0.2) is 0 Å². The average molecular weight is 415 g/mol. The molecule has 1 aromatic heterocycles. The number of amides is 1. The molecular formula is C18H11BrN2O3S. The van der Waals surface area contributed by atoms with Gasteiger partial charge in [-0.15, -0.1) is 0 Å². The summed E-state index contributed by atoms with van der Waals surface area (Å²) >= 11 is 4.29. The van der Waals surface area contributed by atoms with Gasteiger partial charge in [0.05, 0.1) is 17.5 Å². The summed E-state index contributed by atoms with van der Waals surface area (Å²) in [5.41, 5.74) is 1.14. The Bertz CT molecular complexity index is 1190. The van der Waals surface area contributed by atoms with Crippen molar-refractivity contribution in [2.24, 2.45) is 4.99 Å². The van der Waals surface area contributed by atoms with Crippen LogP contribution in [0.4, 0.5) is 0 Å². The lowest BCUT2D eigenvalue weighted by molar-refractivity contribution is -0.112. The molecular weight excluding hydrogens is 404 g/mol. The van der Waals surface area contributed by atoms with E-state index < -0.39 is 5.91 Å². The van der Waals surface area contributed by atoms with Crippen LogP contribution in [-0.2, 0) is 11.3 Å². The first-order chi connectivity index (χ1) is 12.1. The number of hydrogen-bond donors (Lipinski definition) is 1. The third-order valence-electron chi connectivity index (χ3n) is 3.99. The summed E-state index contributed by atoms with van der Waals surface area (Å²) in [6.07, 6.45) is 0. The molecule has 0 saturated carbocycles. The molecule has 25 heavy (non-hydrogen) atoms. The van der Waals surface area contributed by atoms with Gasteiger partial charge in [-0.2, -0.15) is 0 Å². The molecule has 4 rings (SSSR count). The van der Waals surface area contributed by atoms with Crippen LogP contribution in [-0.4, -0.2) is 15.6 Å². The van der Waals surface area contributed by atoms with Crippen molar-refractivity contribution in [2.75, 3.05) is 0 Å². The minimum absolute atomic E-state index is 0.207. The van der Waals surface area contributed by atoms with E-state index in [9.17, 15) is 14.7 Å². The number of aromatic nitrogens is 1. The number of nitrogens with zero attached hydrogens (tertiary/aromatic N) is 2. The molecule has 3 aromatic rings. The predicted octanol–water partition coefficient (Wildman–Crippen LogP) is 1.79. The van der Waals surface area contributed by atoms with Crippen molar-refractivity contribution in [3.8, 4) is 5.88 Å². The molecule has 1 aliphatic heterocycles. The molecule has 0 unspecified atom stereocenters. The number of carbonyl (C=O) groups is 1. The maximum absolute atomic E-state index is 12.4. The molecule has 0 atom stereocenters. The van der Waals surface area contributed by atoms with Crippen LogP contribution in [0.1, 0.15) is 10.4 Å². The minimum Gasteiger partial charge on any atom is -0.493 e. The Hall–Kier alpha value is -2.51. The van der Waals surface area contributed by atoms with Gasteiger partial charge in [-0.25, -0.2) is 4.99 Å². The van der Waals surface area contributed by atoms with Crippen molar-refractivity contribution in [2.45, 2.75) is 6.54 Å². The van der Waals surface area contributed by atoms with Crippen molar-refractivity contribution >= 4 is 38.7 Å². The topological polar surface area (TPSA) is 71.7 Å². The van der Waals surface area contributed by atoms with E-state index in [0.29, 0.717) is 10.6 Å². The van der Waals surface area contributed by atoms with Gasteiger partial charge >= 0.3 is 4.87 Å². The van der Waals surface area contributed by atoms with Gasteiger partial charge < -0.3 is 5.11 Å². The molecule has 0 fully saturated rings. The van der Waals surface area contributed by atoms with Crippen LogP contribution >= 0.6 is 27.3 Å². The number of hydrogen-bond acceptors (Lipinski definition) is 4. The normalized spacial score (nSPS) is 13.0. The third kappa shape index (κ3) is 2.65. The highest BCUT2D eigenvalue weighted by atomic mass is 79.9. The molecule has 2 heterocycles. The number of fused-ring (bicyclic) bond motifs is 1. The molecule has 0 bridgehead atoms. The van der Waals surface area contributed by atoms with E-state index >= 15 is 0 Å². The molecule has 0 spiro atoms. The fourth-order valence-electron chi connectivity index (χ4n) is 2.78. The quantitative estimate of drug-likeness (QED) is 0.709. The van der Waals surface area contributed by atoms with Gasteiger partial charge in [0.25, 0.3) is 5.91 Å². The van der Waals surface area contributed by atoms with Crippen molar-refractivity contribution in [3.05, 3.63) is 83.7 Å². The van der Waals surface area contributed by atoms with Gasteiger partial charge in [-0.1, -0.05) is 63.7 Å². The summed E-state index contributed by atoms with van der Waals surface area (Å²) in [5.74, 6) is -0.646. The predicted molar refractivity (Wildman–Crippen MR) is 98.2 cm³/mol. The summed E-state index contributed by atoms with van der Waals surface area (Å²) in [6.45, 7) is 0.211. The molecule has 2 aromatic carbocycles. The summed E-state index contributed by atoms with van der Waals surface area (Å²) in [7, 11) is 0. The average Bonchev–Trinajstić information content (AvgIpc) is 3.06. The maximum atomic E-state index is 12.4. The van der Waals surface area contributed by atoms with E-state index in [0.717, 1.165) is 21.4 Å². The van der Waals surface area contributed by atoms with E-state index in [1.807, 2.05) is 24.3 Å². The van der Waals surface area contributed by atoms with E-state index in [1.54, 1.807) is 24.3 Å². The maximum Gasteiger partial charge on any atom is 0.310 e. The Kier molecular flexibility index (Phi) is 3.89. The molecule has 7 heteroatoms. The standard InChI is InChI=1S/C18H11BrN2O3S/c19-12-7-3-1-5-10(12)9-21-17(23)15(25-18(21)24)14-11-6-2-4-8-13(11)20-16(14)22/h1-8,23H,9H2. The van der Waals surface area contributed by atoms with Crippen molar-refractivity contribution in [1.29, 1.82) is 0 Å². The second-order valence-electron chi connectivity index (χ2n) is 5.51. The van der Waals surface area contributed by atoms with Crippen LogP contribution < -0.4 is 15.4 Å². The van der Waals surface area contributed by atoms with Crippen LogP contribution in [0.25, 0.3) is 5.57 Å². The lowest BCUT2D eigenvalue weighted by Gasteiger charge is -2.06. The van der Waals surface area contributed by atoms with E-state index in [2.05, 4.69) is 20.9 Å². The van der Waals surface area contributed by atoms with Crippen LogP contribution in [0.15, 0.2) is 62.8 Å². The number of benzene rings is 2. The number of thiazole rings is 1. The minimum atomic E-state index is -0.439. The van der Waals surface area contributed by atoms with Crippen molar-refractivity contribution in [3.63, 3.8) is 0 Å². The molecule has 0 radical (unpaired) electrons. The molecule has 1 amide bonds. The Morgan fingerprint density at radius 2 is 1.80 bits per heavy atom. The van der Waals surface area contributed by atoms with Crippen molar-refractivity contribution in [1.82, 2.24) is 4.57 Å². The monoisotopic (exact) mass is 414 g/mol. The highest BCUT2D eigenvalue weighted by Crippen LogP contribution is 2.29. The Labute approximate surface area is 154 Å². The summed E-state index contributed by atoms with van der Waals surface area (Å²) < 4.78 is 2.11. The number of rotatable bonds is 3. The smallest absolute Gasteiger partial charge is 0.310 e. The molecule has 124 valence electrons. The zero-order valence-electron chi connectivity index (χ0n) is 12.8. The number of aromatic hydroxyl groups is 1. The first kappa shape index (κ1) is 16.0. The number of halogens is 1. The van der Waals surface area contributed by atoms with Gasteiger partial charge in [-0.3, -0.25) is 14.2 Å².